The number of ether oxygens (including phenoxy) is 1. The topological polar surface area (TPSA) is 34.1 Å². The van der Waals surface area contributed by atoms with Crippen molar-refractivity contribution in [2.24, 2.45) is 0 Å². The number of nitrogens with zero attached hydrogens (tertiary/aromatic N) is 1. The minimum absolute atomic E-state index is 0.250. The molecule has 0 atom stereocenters. The van der Waals surface area contributed by atoms with E-state index in [1.165, 1.54) is 0 Å². The number of hydrogen-bond donors (Lipinski definition) is 1. The van der Waals surface area contributed by atoms with Gasteiger partial charge in [0.1, 0.15) is 6.61 Å². The third-order valence-electron chi connectivity index (χ3n) is 2.65. The van der Waals surface area contributed by atoms with Gasteiger partial charge in [-0.05, 0) is 19.1 Å². The summed E-state index contributed by atoms with van der Waals surface area (Å²) in [6.07, 6.45) is -2.41. The minimum Gasteiger partial charge on any atom is -0.382 e. The lowest BCUT2D eigenvalue weighted by molar-refractivity contribution is 0.0215. The van der Waals surface area contributed by atoms with Crippen molar-refractivity contribution in [3.8, 4) is 0 Å². The number of halogens is 2. The second-order valence-electron chi connectivity index (χ2n) is 4.22. The zero-order valence-electron chi connectivity index (χ0n) is 10.7. The molecule has 0 fully saturated rings. The van der Waals surface area contributed by atoms with E-state index in [4.69, 9.17) is 4.74 Å². The fraction of sp³-hybridized carbons (Fsp3) is 0.357. The van der Waals surface area contributed by atoms with Crippen LogP contribution in [0.15, 0.2) is 30.3 Å². The van der Waals surface area contributed by atoms with Gasteiger partial charge in [0.25, 0.3) is 6.43 Å². The maximum absolute atomic E-state index is 11.9. The van der Waals surface area contributed by atoms with Gasteiger partial charge >= 0.3 is 0 Å². The van der Waals surface area contributed by atoms with Gasteiger partial charge in [-0.3, -0.25) is 4.98 Å². The van der Waals surface area contributed by atoms with Crippen molar-refractivity contribution in [1.29, 1.82) is 0 Å². The number of para-hydroxylation sites is 1. The molecular formula is C14H16F2N2O. The average Bonchev–Trinajstić information content (AvgIpc) is 2.37. The molecule has 0 amide bonds. The summed E-state index contributed by atoms with van der Waals surface area (Å²) in [5.41, 5.74) is 2.77. The summed E-state index contributed by atoms with van der Waals surface area (Å²) in [5.74, 6) is 0. The highest BCUT2D eigenvalue weighted by molar-refractivity contribution is 5.91. The minimum atomic E-state index is -2.41. The molecule has 102 valence electrons. The van der Waals surface area contributed by atoms with E-state index in [2.05, 4.69) is 10.3 Å². The fourth-order valence-corrected chi connectivity index (χ4v) is 1.88. The molecule has 0 saturated carbocycles. The Morgan fingerprint density at radius 1 is 1.32 bits per heavy atom. The van der Waals surface area contributed by atoms with E-state index in [0.29, 0.717) is 6.54 Å². The first-order valence-corrected chi connectivity index (χ1v) is 6.13. The molecule has 0 unspecified atom stereocenters. The Morgan fingerprint density at radius 3 is 2.89 bits per heavy atom. The lowest BCUT2D eigenvalue weighted by atomic mass is 10.1. The Morgan fingerprint density at radius 2 is 2.11 bits per heavy atom. The molecular weight excluding hydrogens is 250 g/mol. The van der Waals surface area contributed by atoms with Crippen molar-refractivity contribution in [2.75, 3.05) is 25.1 Å². The average molecular weight is 266 g/mol. The Kier molecular flexibility index (Phi) is 4.63. The quantitative estimate of drug-likeness (QED) is 0.815. The van der Waals surface area contributed by atoms with Crippen molar-refractivity contribution in [3.05, 3.63) is 36.0 Å². The molecule has 3 nitrogen and oxygen atoms in total. The van der Waals surface area contributed by atoms with Crippen molar-refractivity contribution >= 4 is 16.6 Å². The van der Waals surface area contributed by atoms with Crippen molar-refractivity contribution < 1.29 is 13.5 Å². The molecule has 2 rings (SSSR count). The third-order valence-corrected chi connectivity index (χ3v) is 2.65. The Hall–Kier alpha value is -1.75. The molecule has 0 spiro atoms. The lowest BCUT2D eigenvalue weighted by Gasteiger charge is -2.11. The molecule has 1 aromatic carbocycles. The molecule has 0 saturated heterocycles. The molecule has 0 bridgehead atoms. The van der Waals surface area contributed by atoms with Gasteiger partial charge in [-0.1, -0.05) is 18.2 Å². The smallest absolute Gasteiger partial charge is 0.261 e. The number of fused-ring (bicyclic) bond motifs is 1. The summed E-state index contributed by atoms with van der Waals surface area (Å²) < 4.78 is 28.6. The predicted octanol–water partition coefficient (Wildman–Crippen LogP) is 3.24. The van der Waals surface area contributed by atoms with Gasteiger partial charge in [0.15, 0.2) is 0 Å². The van der Waals surface area contributed by atoms with Gasteiger partial charge in [-0.15, -0.1) is 0 Å². The van der Waals surface area contributed by atoms with Gasteiger partial charge in [-0.2, -0.15) is 0 Å². The van der Waals surface area contributed by atoms with Crippen molar-refractivity contribution in [2.45, 2.75) is 13.3 Å². The van der Waals surface area contributed by atoms with E-state index in [1.807, 2.05) is 37.3 Å². The number of pyridine rings is 1. The standard InChI is InChI=1S/C14H16F2N2O/c1-10-8-13(17-6-7-19-9-14(15)16)11-4-2-3-5-12(11)18-10/h2-5,8,14H,6-7,9H2,1H3,(H,17,18). The molecule has 0 aliphatic heterocycles. The van der Waals surface area contributed by atoms with E-state index < -0.39 is 13.0 Å². The molecule has 5 heteroatoms. The molecule has 19 heavy (non-hydrogen) atoms. The van der Waals surface area contributed by atoms with Gasteiger partial charge in [0.2, 0.25) is 0 Å². The van der Waals surface area contributed by atoms with E-state index >= 15 is 0 Å². The van der Waals surface area contributed by atoms with Gasteiger partial charge in [0, 0.05) is 23.3 Å². The second kappa shape index (κ2) is 6.43. The largest absolute Gasteiger partial charge is 0.382 e. The molecule has 0 radical (unpaired) electrons. The van der Waals surface area contributed by atoms with Crippen LogP contribution in [0.2, 0.25) is 0 Å². The van der Waals surface area contributed by atoms with Crippen molar-refractivity contribution in [3.63, 3.8) is 0 Å². The highest BCUT2D eigenvalue weighted by Gasteiger charge is 2.04. The number of hydrogen-bond acceptors (Lipinski definition) is 3. The third kappa shape index (κ3) is 3.86. The van der Waals surface area contributed by atoms with Crippen LogP contribution in [0, 0.1) is 6.92 Å². The summed E-state index contributed by atoms with van der Waals surface area (Å²) in [5, 5.41) is 4.21. The van der Waals surface area contributed by atoms with Gasteiger partial charge in [-0.25, -0.2) is 8.78 Å². The second-order valence-corrected chi connectivity index (χ2v) is 4.22. The number of rotatable bonds is 6. The number of benzene rings is 1. The summed E-state index contributed by atoms with van der Waals surface area (Å²) in [6, 6.07) is 9.74. The first-order chi connectivity index (χ1) is 9.16. The number of aryl methyl sites for hydroxylation is 1. The van der Waals surface area contributed by atoms with Crippen LogP contribution < -0.4 is 5.32 Å². The van der Waals surface area contributed by atoms with Gasteiger partial charge < -0.3 is 10.1 Å². The predicted molar refractivity (Wildman–Crippen MR) is 71.8 cm³/mol. The van der Waals surface area contributed by atoms with Crippen LogP contribution in [0.25, 0.3) is 10.9 Å². The molecule has 2 aromatic rings. The number of anilines is 1. The fourth-order valence-electron chi connectivity index (χ4n) is 1.88. The van der Waals surface area contributed by atoms with E-state index in [9.17, 15) is 8.78 Å². The molecule has 1 heterocycles. The van der Waals surface area contributed by atoms with Crippen LogP contribution in [0.5, 0.6) is 0 Å². The lowest BCUT2D eigenvalue weighted by Crippen LogP contribution is -2.13. The molecule has 1 N–H and O–H groups in total. The number of nitrogens with one attached hydrogen (secondary N) is 1. The highest BCUT2D eigenvalue weighted by atomic mass is 19.3. The van der Waals surface area contributed by atoms with Crippen molar-refractivity contribution in [1.82, 2.24) is 4.98 Å². The van der Waals surface area contributed by atoms with E-state index in [-0.39, 0.29) is 6.61 Å². The Balaban J connectivity index is 2.00. The maximum Gasteiger partial charge on any atom is 0.261 e. The number of alkyl halides is 2. The zero-order valence-corrected chi connectivity index (χ0v) is 10.7. The van der Waals surface area contributed by atoms with Crippen LogP contribution in [0.4, 0.5) is 14.5 Å². The van der Waals surface area contributed by atoms with E-state index in [1.54, 1.807) is 0 Å². The molecule has 1 aromatic heterocycles. The van der Waals surface area contributed by atoms with Crippen LogP contribution in [-0.2, 0) is 4.74 Å². The maximum atomic E-state index is 11.9. The van der Waals surface area contributed by atoms with E-state index in [0.717, 1.165) is 22.3 Å². The Labute approximate surface area is 110 Å². The van der Waals surface area contributed by atoms with Gasteiger partial charge in [0.05, 0.1) is 12.1 Å². The van der Waals surface area contributed by atoms with Crippen LogP contribution >= 0.6 is 0 Å². The zero-order chi connectivity index (χ0) is 13.7. The Bertz CT molecular complexity index is 546. The summed E-state index contributed by atoms with van der Waals surface area (Å²) in [6.45, 7) is 2.14. The van der Waals surface area contributed by atoms with Crippen LogP contribution in [0.3, 0.4) is 0 Å². The summed E-state index contributed by atoms with van der Waals surface area (Å²) in [7, 11) is 0. The monoisotopic (exact) mass is 266 g/mol. The SMILES string of the molecule is Cc1cc(NCCOCC(F)F)c2ccccc2n1. The summed E-state index contributed by atoms with van der Waals surface area (Å²) in [4.78, 5) is 4.43. The molecule has 0 aliphatic carbocycles. The first kappa shape index (κ1) is 13.7. The summed E-state index contributed by atoms with van der Waals surface area (Å²) >= 11 is 0. The number of aromatic nitrogens is 1. The highest BCUT2D eigenvalue weighted by Crippen LogP contribution is 2.22. The molecule has 0 aliphatic rings. The normalized spacial score (nSPS) is 11.2. The first-order valence-electron chi connectivity index (χ1n) is 6.13. The van der Waals surface area contributed by atoms with Crippen LogP contribution in [-0.4, -0.2) is 31.2 Å². The van der Waals surface area contributed by atoms with Crippen LogP contribution in [0.1, 0.15) is 5.69 Å².